The summed E-state index contributed by atoms with van der Waals surface area (Å²) >= 11 is 0. The number of aryl methyl sites for hydroxylation is 2. The Bertz CT molecular complexity index is 945. The van der Waals surface area contributed by atoms with Gasteiger partial charge in [-0.1, -0.05) is 18.2 Å². The van der Waals surface area contributed by atoms with Crippen molar-refractivity contribution in [1.29, 1.82) is 0 Å². The molecule has 0 aromatic heterocycles. The largest absolute Gasteiger partial charge is 0.374 e. The first-order valence-corrected chi connectivity index (χ1v) is 10.1. The highest BCUT2D eigenvalue weighted by Crippen LogP contribution is 2.29. The number of carbonyl (C=O) groups excluding carboxylic acids is 2. The Balaban J connectivity index is 1.65. The molecule has 2 N–H and O–H groups in total. The maximum atomic E-state index is 13.6. The minimum atomic E-state index is -0.817. The van der Waals surface area contributed by atoms with E-state index in [1.165, 1.54) is 17.3 Å². The van der Waals surface area contributed by atoms with Crippen molar-refractivity contribution in [3.63, 3.8) is 0 Å². The number of rotatable bonds is 5. The molecule has 1 aliphatic rings. The molecule has 0 radical (unpaired) electrons. The van der Waals surface area contributed by atoms with Crippen molar-refractivity contribution in [3.05, 3.63) is 58.9 Å². The first kappa shape index (κ1) is 21.8. The quantitative estimate of drug-likeness (QED) is 0.742. The number of benzene rings is 2. The number of likely N-dealkylation sites (N-methyl/N-ethyl adjacent to an activating group) is 1. The summed E-state index contributed by atoms with van der Waals surface area (Å²) in [4.78, 5) is 28.8. The van der Waals surface area contributed by atoms with Crippen LogP contribution in [-0.4, -0.2) is 50.9 Å². The fourth-order valence-corrected chi connectivity index (χ4v) is 3.74. The van der Waals surface area contributed by atoms with E-state index in [9.17, 15) is 14.0 Å². The Labute approximate surface area is 177 Å². The molecule has 0 aliphatic carbocycles. The van der Waals surface area contributed by atoms with Crippen LogP contribution in [-0.2, 0) is 16.0 Å². The van der Waals surface area contributed by atoms with E-state index < -0.39 is 17.6 Å². The number of anilines is 2. The van der Waals surface area contributed by atoms with E-state index in [0.29, 0.717) is 5.56 Å². The van der Waals surface area contributed by atoms with Crippen LogP contribution in [0.15, 0.2) is 36.4 Å². The van der Waals surface area contributed by atoms with Gasteiger partial charge in [-0.05, 0) is 68.8 Å². The molecule has 0 bridgehead atoms. The van der Waals surface area contributed by atoms with E-state index >= 15 is 0 Å². The van der Waals surface area contributed by atoms with E-state index in [-0.39, 0.29) is 18.3 Å². The molecular formula is C23H29FN4O2. The third kappa shape index (κ3) is 4.97. The van der Waals surface area contributed by atoms with Gasteiger partial charge in [0.05, 0.1) is 6.04 Å². The van der Waals surface area contributed by atoms with Crippen molar-refractivity contribution in [3.8, 4) is 0 Å². The second kappa shape index (κ2) is 9.26. The highest BCUT2D eigenvalue weighted by molar-refractivity contribution is 6.39. The van der Waals surface area contributed by atoms with E-state index in [1.807, 2.05) is 19.0 Å². The minimum absolute atomic E-state index is 0.0731. The number of nitrogens with zero attached hydrogens (tertiary/aromatic N) is 2. The molecule has 160 valence electrons. The lowest BCUT2D eigenvalue weighted by atomic mass is 9.96. The second-order valence-corrected chi connectivity index (χ2v) is 8.02. The Morgan fingerprint density at radius 2 is 1.93 bits per heavy atom. The standard InChI is InChI=1S/C23H29FN4O2/c1-15-7-9-18(13-19(15)24)26-23(30)22(29)25-14-21(27(2)3)17-8-10-20-16(12-17)6-5-11-28(20)4/h7-10,12-13,21H,5-6,11,14H2,1-4H3,(H,25,29)(H,26,30)/t21-/m0/s1. The zero-order chi connectivity index (χ0) is 21.8. The highest BCUT2D eigenvalue weighted by atomic mass is 19.1. The predicted octanol–water partition coefficient (Wildman–Crippen LogP) is 2.87. The van der Waals surface area contributed by atoms with Crippen molar-refractivity contribution in [1.82, 2.24) is 10.2 Å². The minimum Gasteiger partial charge on any atom is -0.374 e. The van der Waals surface area contributed by atoms with Gasteiger partial charge in [-0.2, -0.15) is 0 Å². The monoisotopic (exact) mass is 412 g/mol. The molecule has 2 aromatic carbocycles. The van der Waals surface area contributed by atoms with Gasteiger partial charge in [-0.15, -0.1) is 0 Å². The molecule has 1 aliphatic heterocycles. The molecule has 0 saturated heterocycles. The molecule has 2 amide bonds. The Morgan fingerprint density at radius 1 is 1.17 bits per heavy atom. The molecule has 1 atom stereocenters. The van der Waals surface area contributed by atoms with Gasteiger partial charge in [0.1, 0.15) is 5.82 Å². The lowest BCUT2D eigenvalue weighted by molar-refractivity contribution is -0.136. The van der Waals surface area contributed by atoms with E-state index in [1.54, 1.807) is 19.1 Å². The van der Waals surface area contributed by atoms with E-state index in [0.717, 1.165) is 24.9 Å². The van der Waals surface area contributed by atoms with Crippen LogP contribution in [0.25, 0.3) is 0 Å². The van der Waals surface area contributed by atoms with Crippen LogP contribution in [0.1, 0.15) is 29.2 Å². The Kier molecular flexibility index (Phi) is 6.72. The Hall–Kier alpha value is -2.93. The summed E-state index contributed by atoms with van der Waals surface area (Å²) in [6, 6.07) is 10.6. The van der Waals surface area contributed by atoms with Gasteiger partial charge in [0.15, 0.2) is 0 Å². The molecule has 6 nitrogen and oxygen atoms in total. The molecule has 0 fully saturated rings. The zero-order valence-corrected chi connectivity index (χ0v) is 18.0. The fraction of sp³-hybridized carbons (Fsp3) is 0.391. The van der Waals surface area contributed by atoms with Gasteiger partial charge in [0.25, 0.3) is 0 Å². The molecule has 7 heteroatoms. The molecule has 0 unspecified atom stereocenters. The summed E-state index contributed by atoms with van der Waals surface area (Å²) in [5.41, 5.74) is 4.37. The number of nitrogens with one attached hydrogen (secondary N) is 2. The average Bonchev–Trinajstić information content (AvgIpc) is 2.70. The number of hydrogen-bond acceptors (Lipinski definition) is 4. The average molecular weight is 413 g/mol. The SMILES string of the molecule is Cc1ccc(NC(=O)C(=O)NC[C@@H](c2ccc3c(c2)CCCN3C)N(C)C)cc1F. The molecule has 30 heavy (non-hydrogen) atoms. The van der Waals surface area contributed by atoms with Crippen LogP contribution >= 0.6 is 0 Å². The number of halogens is 1. The van der Waals surface area contributed by atoms with Gasteiger partial charge in [0, 0.05) is 31.5 Å². The van der Waals surface area contributed by atoms with Crippen LogP contribution in [0.3, 0.4) is 0 Å². The second-order valence-electron chi connectivity index (χ2n) is 8.02. The number of hydrogen-bond donors (Lipinski definition) is 2. The van der Waals surface area contributed by atoms with E-state index in [2.05, 4.69) is 40.8 Å². The van der Waals surface area contributed by atoms with Crippen LogP contribution in [0.2, 0.25) is 0 Å². The molecule has 0 saturated carbocycles. The summed E-state index contributed by atoms with van der Waals surface area (Å²) in [5.74, 6) is -2.00. The van der Waals surface area contributed by atoms with Crippen molar-refractivity contribution >= 4 is 23.2 Å². The summed E-state index contributed by atoms with van der Waals surface area (Å²) in [6.45, 7) is 2.98. The van der Waals surface area contributed by atoms with Crippen LogP contribution < -0.4 is 15.5 Å². The normalized spacial score (nSPS) is 14.3. The number of amides is 2. The first-order valence-electron chi connectivity index (χ1n) is 10.1. The van der Waals surface area contributed by atoms with Gasteiger partial charge in [-0.25, -0.2) is 4.39 Å². The maximum absolute atomic E-state index is 13.6. The van der Waals surface area contributed by atoms with Gasteiger partial charge < -0.3 is 20.4 Å². The van der Waals surface area contributed by atoms with E-state index in [4.69, 9.17) is 0 Å². The van der Waals surface area contributed by atoms with Gasteiger partial charge >= 0.3 is 11.8 Å². The third-order valence-corrected chi connectivity index (χ3v) is 5.55. The predicted molar refractivity (Wildman–Crippen MR) is 117 cm³/mol. The van der Waals surface area contributed by atoms with Crippen LogP contribution in [0.5, 0.6) is 0 Å². The summed E-state index contributed by atoms with van der Waals surface area (Å²) in [7, 11) is 5.98. The lowest BCUT2D eigenvalue weighted by Crippen LogP contribution is -2.40. The van der Waals surface area contributed by atoms with Crippen molar-refractivity contribution in [2.45, 2.75) is 25.8 Å². The zero-order valence-electron chi connectivity index (χ0n) is 18.0. The topological polar surface area (TPSA) is 64.7 Å². The molecule has 2 aromatic rings. The summed E-state index contributed by atoms with van der Waals surface area (Å²) in [6.07, 6.45) is 2.16. The fourth-order valence-electron chi connectivity index (χ4n) is 3.74. The van der Waals surface area contributed by atoms with Gasteiger partial charge in [0.2, 0.25) is 0 Å². The molecule has 0 spiro atoms. The van der Waals surface area contributed by atoms with Gasteiger partial charge in [-0.3, -0.25) is 9.59 Å². The molecule has 1 heterocycles. The van der Waals surface area contributed by atoms with Crippen LogP contribution in [0.4, 0.5) is 15.8 Å². The Morgan fingerprint density at radius 3 is 2.63 bits per heavy atom. The van der Waals surface area contributed by atoms with Crippen molar-refractivity contribution < 1.29 is 14.0 Å². The number of carbonyl (C=O) groups is 2. The lowest BCUT2D eigenvalue weighted by Gasteiger charge is -2.30. The highest BCUT2D eigenvalue weighted by Gasteiger charge is 2.21. The third-order valence-electron chi connectivity index (χ3n) is 5.55. The number of fused-ring (bicyclic) bond motifs is 1. The molecule has 3 rings (SSSR count). The van der Waals surface area contributed by atoms with Crippen LogP contribution in [0, 0.1) is 12.7 Å². The first-order chi connectivity index (χ1) is 14.3. The smallest absolute Gasteiger partial charge is 0.313 e. The molecular weight excluding hydrogens is 383 g/mol. The maximum Gasteiger partial charge on any atom is 0.313 e. The van der Waals surface area contributed by atoms with Crippen molar-refractivity contribution in [2.24, 2.45) is 0 Å². The summed E-state index contributed by atoms with van der Waals surface area (Å²) in [5, 5.41) is 5.14. The van der Waals surface area contributed by atoms with Crippen molar-refractivity contribution in [2.75, 3.05) is 44.4 Å². The summed E-state index contributed by atoms with van der Waals surface area (Å²) < 4.78 is 13.6.